The number of hydrogen-bond donors (Lipinski definition) is 0. The molecule has 2 unspecified atom stereocenters. The average molecular weight is 396 g/mol. The van der Waals surface area contributed by atoms with E-state index in [1.807, 2.05) is 66.8 Å². The van der Waals surface area contributed by atoms with Crippen molar-refractivity contribution >= 4 is 26.9 Å². The second-order valence-electron chi connectivity index (χ2n) is 7.11. The molecule has 1 heterocycles. The third kappa shape index (κ3) is 3.04. The molecule has 2 aliphatic rings. The number of Topliss-reactive ketones (excluding diaryl/α,β-unsaturated/α-hetero) is 1. The van der Waals surface area contributed by atoms with Gasteiger partial charge in [-0.15, -0.1) is 0 Å². The van der Waals surface area contributed by atoms with Crippen LogP contribution in [0.1, 0.15) is 26.3 Å². The van der Waals surface area contributed by atoms with Crippen molar-refractivity contribution in [2.45, 2.75) is 9.79 Å². The lowest BCUT2D eigenvalue weighted by molar-refractivity contribution is 0.0969. The van der Waals surface area contributed by atoms with Crippen molar-refractivity contribution in [3.8, 4) is 0 Å². The number of fused-ring (bicyclic) bond motifs is 2. The summed E-state index contributed by atoms with van der Waals surface area (Å²) >= 11 is 0. The second-order valence-corrected chi connectivity index (χ2v) is 9.29. The predicted octanol–water partition coefficient (Wildman–Crippen LogP) is 4.80. The summed E-state index contributed by atoms with van der Waals surface area (Å²) < 4.78 is 0. The molecule has 0 aromatic heterocycles. The average Bonchev–Trinajstić information content (AvgIpc) is 2.80. The van der Waals surface area contributed by atoms with Gasteiger partial charge < -0.3 is 0 Å². The van der Waals surface area contributed by atoms with Crippen LogP contribution < -0.4 is 0 Å². The molecule has 0 fully saturated rings. The lowest BCUT2D eigenvalue weighted by Crippen LogP contribution is -2.32. The standard InChI is InChI=1S/C26H18O2S/c27-25(18-9-3-1-4-10-18)19-15-16-24-22(17-19)26(28)21-13-7-8-14-23(21)29(24)20-11-5-2-6-12-20/h1-17,21H/p+1. The van der Waals surface area contributed by atoms with Gasteiger partial charge in [-0.1, -0.05) is 77.2 Å². The molecule has 1 aliphatic carbocycles. The molecule has 3 aromatic carbocycles. The van der Waals surface area contributed by atoms with Crippen molar-refractivity contribution in [3.05, 3.63) is 120 Å². The SMILES string of the molecule is O=C(c1ccccc1)c1ccc2c(c1)C(=O)C1C=CC=CC1=[SH+]2c1ccccc1. The summed E-state index contributed by atoms with van der Waals surface area (Å²) in [5.74, 6) is -0.229. The zero-order valence-corrected chi connectivity index (χ0v) is 16.6. The van der Waals surface area contributed by atoms with E-state index in [2.05, 4.69) is 18.2 Å². The van der Waals surface area contributed by atoms with E-state index in [0.717, 1.165) is 9.76 Å². The van der Waals surface area contributed by atoms with E-state index in [1.165, 1.54) is 4.90 Å². The Morgan fingerprint density at radius 1 is 0.793 bits per heavy atom. The fourth-order valence-corrected chi connectivity index (χ4v) is 6.65. The summed E-state index contributed by atoms with van der Waals surface area (Å²) in [4.78, 5) is 29.7. The van der Waals surface area contributed by atoms with Crippen molar-refractivity contribution in [1.82, 2.24) is 0 Å². The summed E-state index contributed by atoms with van der Waals surface area (Å²) in [6, 6.07) is 25.2. The minimum Gasteiger partial charge on any atom is -0.293 e. The molecule has 0 radical (unpaired) electrons. The van der Waals surface area contributed by atoms with Gasteiger partial charge in [0.05, 0.1) is 5.56 Å². The van der Waals surface area contributed by atoms with E-state index >= 15 is 0 Å². The molecule has 3 aromatic rings. The van der Waals surface area contributed by atoms with Crippen LogP contribution in [0, 0.1) is 5.92 Å². The first-order valence-electron chi connectivity index (χ1n) is 9.59. The molecule has 2 nitrogen and oxygen atoms in total. The van der Waals surface area contributed by atoms with E-state index in [9.17, 15) is 9.59 Å². The summed E-state index contributed by atoms with van der Waals surface area (Å²) in [6.45, 7) is 0. The molecule has 0 saturated carbocycles. The second kappa shape index (κ2) is 7.26. The van der Waals surface area contributed by atoms with E-state index < -0.39 is 10.5 Å². The summed E-state index contributed by atoms with van der Waals surface area (Å²) in [5.41, 5.74) is 1.87. The highest BCUT2D eigenvalue weighted by atomic mass is 32.2. The Morgan fingerprint density at radius 2 is 1.52 bits per heavy atom. The van der Waals surface area contributed by atoms with Gasteiger partial charge in [-0.25, -0.2) is 0 Å². The first kappa shape index (κ1) is 17.8. The van der Waals surface area contributed by atoms with E-state index in [4.69, 9.17) is 0 Å². The lowest BCUT2D eigenvalue weighted by atomic mass is 9.89. The molecule has 140 valence electrons. The zero-order valence-electron chi connectivity index (χ0n) is 15.7. The predicted molar refractivity (Wildman–Crippen MR) is 119 cm³/mol. The Morgan fingerprint density at radius 3 is 2.28 bits per heavy atom. The van der Waals surface area contributed by atoms with Gasteiger partial charge in [-0.2, -0.15) is 0 Å². The smallest absolute Gasteiger partial charge is 0.193 e. The summed E-state index contributed by atoms with van der Waals surface area (Å²) in [7, 11) is -0.806. The molecule has 5 rings (SSSR count). The Bertz CT molecular complexity index is 1220. The van der Waals surface area contributed by atoms with Crippen LogP contribution in [0.5, 0.6) is 0 Å². The minimum atomic E-state index is -0.806. The zero-order chi connectivity index (χ0) is 19.8. The molecule has 2 atom stereocenters. The number of carbonyl (C=O) groups is 2. The van der Waals surface area contributed by atoms with Crippen LogP contribution in [0.25, 0.3) is 0 Å². The van der Waals surface area contributed by atoms with Crippen LogP contribution in [-0.4, -0.2) is 16.4 Å². The first-order valence-corrected chi connectivity index (χ1v) is 10.9. The van der Waals surface area contributed by atoms with E-state index in [1.54, 1.807) is 18.2 Å². The number of benzene rings is 3. The Hall–Kier alpha value is -3.30. The Balaban J connectivity index is 1.70. The fourth-order valence-electron chi connectivity index (χ4n) is 3.96. The normalized spacial score (nSPS) is 19.6. The van der Waals surface area contributed by atoms with E-state index in [0.29, 0.717) is 16.7 Å². The number of allylic oxidation sites excluding steroid dienone is 4. The van der Waals surface area contributed by atoms with Gasteiger partial charge in [0.25, 0.3) is 0 Å². The molecule has 0 spiro atoms. The van der Waals surface area contributed by atoms with Gasteiger partial charge in [0.2, 0.25) is 0 Å². The van der Waals surface area contributed by atoms with E-state index in [-0.39, 0.29) is 17.5 Å². The summed E-state index contributed by atoms with van der Waals surface area (Å²) in [5, 5.41) is 0. The fraction of sp³-hybridized carbons (Fsp3) is 0.0385. The van der Waals surface area contributed by atoms with Crippen molar-refractivity contribution in [1.29, 1.82) is 0 Å². The minimum absolute atomic E-state index is 0.0564. The van der Waals surface area contributed by atoms with Gasteiger partial charge in [-0.05, 0) is 36.4 Å². The Kier molecular flexibility index (Phi) is 4.45. The third-order valence-corrected chi connectivity index (χ3v) is 7.99. The number of thiol groups is 1. The van der Waals surface area contributed by atoms with Crippen molar-refractivity contribution < 1.29 is 9.59 Å². The van der Waals surface area contributed by atoms with Crippen LogP contribution in [0.15, 0.2) is 113 Å². The monoisotopic (exact) mass is 395 g/mol. The van der Waals surface area contributed by atoms with Crippen molar-refractivity contribution in [3.63, 3.8) is 0 Å². The highest BCUT2D eigenvalue weighted by molar-refractivity contribution is 7.97. The van der Waals surface area contributed by atoms with Gasteiger partial charge >= 0.3 is 0 Å². The topological polar surface area (TPSA) is 34.1 Å². The summed E-state index contributed by atoms with van der Waals surface area (Å²) in [6.07, 6.45) is 8.02. The molecular formula is C26H19O2S+. The van der Waals surface area contributed by atoms with Gasteiger partial charge in [0.15, 0.2) is 11.6 Å². The molecule has 0 saturated heterocycles. The van der Waals surface area contributed by atoms with Crippen molar-refractivity contribution in [2.75, 3.05) is 0 Å². The molecule has 0 N–H and O–H groups in total. The highest BCUT2D eigenvalue weighted by Crippen LogP contribution is 2.34. The molecule has 0 amide bonds. The number of rotatable bonds is 3. The van der Waals surface area contributed by atoms with Crippen molar-refractivity contribution in [2.24, 2.45) is 5.92 Å². The maximum absolute atomic E-state index is 13.3. The maximum atomic E-state index is 13.3. The lowest BCUT2D eigenvalue weighted by Gasteiger charge is -2.24. The highest BCUT2D eigenvalue weighted by Gasteiger charge is 2.38. The van der Waals surface area contributed by atoms with Crippen LogP contribution in [0.3, 0.4) is 0 Å². The first-order chi connectivity index (χ1) is 14.2. The third-order valence-electron chi connectivity index (χ3n) is 5.36. The molecule has 0 bridgehead atoms. The van der Waals surface area contributed by atoms with Crippen LogP contribution in [0.4, 0.5) is 0 Å². The maximum Gasteiger partial charge on any atom is 0.193 e. The van der Waals surface area contributed by atoms with Crippen LogP contribution in [-0.2, 0) is 10.5 Å². The van der Waals surface area contributed by atoms with Gasteiger partial charge in [-0.3, -0.25) is 9.59 Å². The molecule has 3 heteroatoms. The number of carbonyl (C=O) groups excluding carboxylic acids is 2. The molecule has 1 aliphatic heterocycles. The van der Waals surface area contributed by atoms with Gasteiger partial charge in [0, 0.05) is 11.1 Å². The number of hydrogen-bond acceptors (Lipinski definition) is 2. The largest absolute Gasteiger partial charge is 0.293 e. The van der Waals surface area contributed by atoms with Gasteiger partial charge in [0.1, 0.15) is 20.6 Å². The quantitative estimate of drug-likeness (QED) is 0.276. The Labute approximate surface area is 172 Å². The van der Waals surface area contributed by atoms with Crippen LogP contribution in [0.2, 0.25) is 0 Å². The molecule has 29 heavy (non-hydrogen) atoms. The number of ketones is 2. The van der Waals surface area contributed by atoms with Crippen LogP contribution >= 0.6 is 0 Å². The molecular weight excluding hydrogens is 376 g/mol.